The molecule has 0 aromatic heterocycles. The van der Waals surface area contributed by atoms with Crippen molar-refractivity contribution < 1.29 is 93.4 Å². The summed E-state index contributed by atoms with van der Waals surface area (Å²) < 4.78 is 46.7. The summed E-state index contributed by atoms with van der Waals surface area (Å²) in [7, 11) is 0. The third-order valence-corrected chi connectivity index (χ3v) is 9.41. The molecule has 4 saturated heterocycles. The van der Waals surface area contributed by atoms with Crippen LogP contribution in [0.5, 0.6) is 0 Å². The quantitative estimate of drug-likeness (QED) is 0.0902. The van der Waals surface area contributed by atoms with Crippen LogP contribution in [0.2, 0.25) is 0 Å². The highest BCUT2D eigenvalue weighted by atomic mass is 16.8. The molecule has 20 heteroatoms. The molecular formula is C30H51NO19. The van der Waals surface area contributed by atoms with E-state index in [1.807, 2.05) is 6.92 Å². The van der Waals surface area contributed by atoms with Crippen LogP contribution in [-0.4, -0.2) is 188 Å². The van der Waals surface area contributed by atoms with Crippen molar-refractivity contribution >= 4 is 11.9 Å². The number of aliphatic hydroxyl groups excluding tert-OH is 8. The number of hydrogen-bond donors (Lipinski definition) is 10. The number of carboxylic acid groups (broad SMARTS) is 1. The molecule has 0 spiro atoms. The average Bonchev–Trinajstić information content (AvgIpc) is 3.06. The molecule has 0 aromatic carbocycles. The minimum absolute atomic E-state index is 0.213. The first-order valence-electron chi connectivity index (χ1n) is 16.6. The maximum Gasteiger partial charge on any atom is 0.335 e. The predicted octanol–water partition coefficient (Wildman–Crippen LogP) is -4.75. The van der Waals surface area contributed by atoms with E-state index in [0.29, 0.717) is 6.42 Å². The lowest BCUT2D eigenvalue weighted by Gasteiger charge is -2.50. The number of carboxylic acids is 1. The number of aliphatic carboxylic acids is 1. The van der Waals surface area contributed by atoms with E-state index < -0.39 is 141 Å². The monoisotopic (exact) mass is 729 g/mol. The van der Waals surface area contributed by atoms with E-state index >= 15 is 0 Å². The van der Waals surface area contributed by atoms with E-state index in [-0.39, 0.29) is 6.61 Å². The van der Waals surface area contributed by atoms with Crippen molar-refractivity contribution in [3.8, 4) is 0 Å². The number of hydrogen-bond acceptors (Lipinski definition) is 18. The number of aliphatic hydroxyl groups is 8. The summed E-state index contributed by atoms with van der Waals surface area (Å²) >= 11 is 0. The summed E-state index contributed by atoms with van der Waals surface area (Å²) in [6.07, 6.45) is -27.6. The van der Waals surface area contributed by atoms with Crippen LogP contribution < -0.4 is 5.32 Å². The SMILES string of the molecule is CCCO[C@@H]1OC(C)[C@H](O)[C@H](O)C1O[C@@H]1OC(C)[C@H](C)[C@H](O)C1O[C@@H]1OC(CO)[C@H](O)[C@H](O[C@@H]2OC(C(=O)O)[C@H](O)[C@H](O)C2O)C1NC(C)=O. The van der Waals surface area contributed by atoms with Gasteiger partial charge in [-0.15, -0.1) is 0 Å². The number of nitrogens with one attached hydrogen (secondary N) is 1. The molecule has 20 nitrogen and oxygen atoms in total. The third kappa shape index (κ3) is 8.73. The Morgan fingerprint density at radius 1 is 0.660 bits per heavy atom. The summed E-state index contributed by atoms with van der Waals surface area (Å²) in [5.41, 5.74) is 0. The Bertz CT molecular complexity index is 1120. The second-order valence-corrected chi connectivity index (χ2v) is 13.1. The second-order valence-electron chi connectivity index (χ2n) is 13.1. The fourth-order valence-electron chi connectivity index (χ4n) is 6.28. The number of carbonyl (C=O) groups excluding carboxylic acids is 1. The van der Waals surface area contributed by atoms with Gasteiger partial charge in [0.25, 0.3) is 0 Å². The van der Waals surface area contributed by atoms with Gasteiger partial charge in [-0.2, -0.15) is 0 Å². The van der Waals surface area contributed by atoms with Crippen LogP contribution in [0.4, 0.5) is 0 Å². The highest BCUT2D eigenvalue weighted by molar-refractivity contribution is 5.73. The summed E-state index contributed by atoms with van der Waals surface area (Å²) in [4.78, 5) is 24.1. The van der Waals surface area contributed by atoms with Gasteiger partial charge in [0.1, 0.15) is 67.1 Å². The van der Waals surface area contributed by atoms with Crippen molar-refractivity contribution in [2.75, 3.05) is 13.2 Å². The maximum absolute atomic E-state index is 12.4. The molecule has 8 unspecified atom stereocenters. The van der Waals surface area contributed by atoms with Gasteiger partial charge in [-0.3, -0.25) is 4.79 Å². The highest BCUT2D eigenvalue weighted by Gasteiger charge is 2.56. The van der Waals surface area contributed by atoms with E-state index in [1.165, 1.54) is 6.92 Å². The number of rotatable bonds is 12. The Morgan fingerprint density at radius 2 is 1.26 bits per heavy atom. The van der Waals surface area contributed by atoms with Crippen LogP contribution in [0.1, 0.15) is 41.0 Å². The molecule has 1 amide bonds. The van der Waals surface area contributed by atoms with Crippen molar-refractivity contribution in [1.82, 2.24) is 5.32 Å². The number of ether oxygens (including phenoxy) is 8. The van der Waals surface area contributed by atoms with Gasteiger partial charge in [0.15, 0.2) is 31.3 Å². The standard InChI is InChI=1S/C30H51NO19/c1-6-7-43-29-25(19(38)16(35)11(4)45-29)50-30-24(15(34)9(2)10(3)44-30)49-27-14(31-12(5)33)22(17(36)13(8-32)46-27)47-28-21(40)18(37)20(39)23(48-28)26(41)42/h9-11,13-25,27-30,32,34-40H,6-8H2,1-5H3,(H,31,33)(H,41,42)/t9-,10?,11?,13?,14?,15-,16-,17-,18-,19-,20+,21?,22+,23?,24?,25?,27-,28+,29+,30-/m0/s1. The van der Waals surface area contributed by atoms with Gasteiger partial charge in [0.05, 0.1) is 24.9 Å². The van der Waals surface area contributed by atoms with Crippen molar-refractivity contribution in [1.29, 1.82) is 0 Å². The molecule has 10 N–H and O–H groups in total. The molecule has 0 aliphatic carbocycles. The third-order valence-electron chi connectivity index (χ3n) is 9.41. The average molecular weight is 730 g/mol. The minimum atomic E-state index is -2.06. The van der Waals surface area contributed by atoms with Crippen LogP contribution in [0.15, 0.2) is 0 Å². The summed E-state index contributed by atoms with van der Waals surface area (Å²) in [6, 6.07) is -1.54. The van der Waals surface area contributed by atoms with E-state index in [4.69, 9.17) is 37.9 Å². The lowest BCUT2D eigenvalue weighted by Crippen LogP contribution is -2.69. The van der Waals surface area contributed by atoms with Crippen LogP contribution in [-0.2, 0) is 47.5 Å². The zero-order valence-electron chi connectivity index (χ0n) is 28.3. The first-order valence-corrected chi connectivity index (χ1v) is 16.6. The number of carbonyl (C=O) groups is 2. The summed E-state index contributed by atoms with van der Waals surface area (Å²) in [5.74, 6) is -3.02. The van der Waals surface area contributed by atoms with Crippen LogP contribution in [0.3, 0.4) is 0 Å². The van der Waals surface area contributed by atoms with Crippen molar-refractivity contribution in [3.05, 3.63) is 0 Å². The smallest absolute Gasteiger partial charge is 0.335 e. The molecule has 50 heavy (non-hydrogen) atoms. The van der Waals surface area contributed by atoms with E-state index in [1.54, 1.807) is 13.8 Å². The summed E-state index contributed by atoms with van der Waals surface area (Å²) in [6.45, 7) is 7.16. The molecule has 4 rings (SSSR count). The fourth-order valence-corrected chi connectivity index (χ4v) is 6.28. The predicted molar refractivity (Wildman–Crippen MR) is 160 cm³/mol. The number of amides is 1. The zero-order chi connectivity index (χ0) is 37.2. The molecule has 0 bridgehead atoms. The van der Waals surface area contributed by atoms with Crippen molar-refractivity contribution in [2.24, 2.45) is 5.92 Å². The van der Waals surface area contributed by atoms with E-state index in [2.05, 4.69) is 5.32 Å². The lowest BCUT2D eigenvalue weighted by atomic mass is 9.90. The molecule has 290 valence electrons. The zero-order valence-corrected chi connectivity index (χ0v) is 28.3. The van der Waals surface area contributed by atoms with Crippen molar-refractivity contribution in [3.63, 3.8) is 0 Å². The molecule has 4 aliphatic rings. The van der Waals surface area contributed by atoms with Crippen molar-refractivity contribution in [2.45, 2.75) is 158 Å². The van der Waals surface area contributed by atoms with Crippen LogP contribution in [0, 0.1) is 5.92 Å². The molecule has 4 fully saturated rings. The fraction of sp³-hybridized carbons (Fsp3) is 0.933. The Kier molecular flexibility index (Phi) is 14.3. The maximum atomic E-state index is 12.4. The molecular weight excluding hydrogens is 678 g/mol. The molecule has 4 aliphatic heterocycles. The van der Waals surface area contributed by atoms with E-state index in [9.17, 15) is 55.5 Å². The van der Waals surface area contributed by atoms with Crippen LogP contribution >= 0.6 is 0 Å². The molecule has 0 saturated carbocycles. The first-order chi connectivity index (χ1) is 23.5. The van der Waals surface area contributed by atoms with Gasteiger partial charge >= 0.3 is 5.97 Å². The second kappa shape index (κ2) is 17.4. The summed E-state index contributed by atoms with van der Waals surface area (Å²) in [5, 5.41) is 97.2. The Morgan fingerprint density at radius 3 is 1.86 bits per heavy atom. The van der Waals surface area contributed by atoms with Gasteiger partial charge in [0.2, 0.25) is 5.91 Å². The lowest BCUT2D eigenvalue weighted by molar-refractivity contribution is -0.385. The molecule has 20 atom stereocenters. The largest absolute Gasteiger partial charge is 0.479 e. The van der Waals surface area contributed by atoms with Crippen LogP contribution in [0.25, 0.3) is 0 Å². The van der Waals surface area contributed by atoms with Gasteiger partial charge in [-0.25, -0.2) is 4.79 Å². The van der Waals surface area contributed by atoms with Gasteiger partial charge in [0, 0.05) is 19.4 Å². The van der Waals surface area contributed by atoms with Gasteiger partial charge in [-0.1, -0.05) is 13.8 Å². The molecule has 0 radical (unpaired) electrons. The molecule has 4 heterocycles. The Labute approximate surface area is 287 Å². The molecule has 0 aromatic rings. The first kappa shape index (κ1) is 41.1. The Hall–Kier alpha value is -1.70. The van der Waals surface area contributed by atoms with Gasteiger partial charge < -0.3 is 89.2 Å². The topological polar surface area (TPSA) is 302 Å². The normalized spacial score (nSPS) is 48.6. The highest BCUT2D eigenvalue weighted by Crippen LogP contribution is 2.36. The Balaban J connectivity index is 1.65. The van der Waals surface area contributed by atoms with E-state index in [0.717, 1.165) is 6.92 Å². The van der Waals surface area contributed by atoms with Gasteiger partial charge in [-0.05, 0) is 20.3 Å². The minimum Gasteiger partial charge on any atom is -0.479 e.